The van der Waals surface area contributed by atoms with E-state index in [4.69, 9.17) is 0 Å². The number of sulfonamides is 2. The van der Waals surface area contributed by atoms with Crippen molar-refractivity contribution in [3.05, 3.63) is 59.7 Å². The van der Waals surface area contributed by atoms with Crippen LogP contribution < -0.4 is 0 Å². The van der Waals surface area contributed by atoms with Gasteiger partial charge in [0.1, 0.15) is 0 Å². The zero-order valence-electron chi connectivity index (χ0n) is 12.0. The fourth-order valence-corrected chi connectivity index (χ4v) is 4.60. The molecular weight excluding hydrogens is 326 g/mol. The molecule has 0 bridgehead atoms. The molecule has 0 radical (unpaired) electrons. The van der Waals surface area contributed by atoms with E-state index in [1.165, 1.54) is 48.5 Å². The first-order valence-electron chi connectivity index (χ1n) is 6.28. The van der Waals surface area contributed by atoms with E-state index in [1.807, 2.05) is 0 Å². The maximum atomic E-state index is 12.2. The van der Waals surface area contributed by atoms with Crippen LogP contribution in [0, 0.1) is 13.8 Å². The summed E-state index contributed by atoms with van der Waals surface area (Å²) in [7, 11) is -9.14. The predicted octanol–water partition coefficient (Wildman–Crippen LogP) is 2.07. The molecule has 0 spiro atoms. The van der Waals surface area contributed by atoms with Gasteiger partial charge in [0.2, 0.25) is 0 Å². The van der Waals surface area contributed by atoms with Crippen molar-refractivity contribution in [3.8, 4) is 0 Å². The molecule has 0 amide bonds. The molecule has 22 heavy (non-hydrogen) atoms. The Hall–Kier alpha value is -1.74. The summed E-state index contributed by atoms with van der Waals surface area (Å²) in [5.41, 5.74) is 1.62. The highest BCUT2D eigenvalue weighted by atomic mass is 32.3. The Morgan fingerprint density at radius 2 is 0.955 bits per heavy atom. The number of aryl methyl sites for hydroxylation is 2. The Kier molecular flexibility index (Phi) is 4.39. The minimum atomic E-state index is -4.57. The fourth-order valence-electron chi connectivity index (χ4n) is 1.73. The van der Waals surface area contributed by atoms with Crippen LogP contribution in [-0.4, -0.2) is 25.9 Å². The number of hydrogen-bond donors (Lipinski definition) is 1. The molecule has 1 N–H and O–H groups in total. The summed E-state index contributed by atoms with van der Waals surface area (Å²) in [6.07, 6.45) is 0. The second-order valence-electron chi connectivity index (χ2n) is 4.81. The van der Waals surface area contributed by atoms with Crippen LogP contribution >= 0.6 is 0 Å². The van der Waals surface area contributed by atoms with Gasteiger partial charge in [-0.1, -0.05) is 35.4 Å². The van der Waals surface area contributed by atoms with Gasteiger partial charge in [-0.15, -0.1) is 0 Å². The first-order valence-corrected chi connectivity index (χ1v) is 9.16. The summed E-state index contributed by atoms with van der Waals surface area (Å²) >= 11 is 0. The monoisotopic (exact) mass is 341 g/mol. The summed E-state index contributed by atoms with van der Waals surface area (Å²) < 4.78 is 48.3. The van der Waals surface area contributed by atoms with E-state index in [9.17, 15) is 22.0 Å². The van der Waals surface area contributed by atoms with Crippen LogP contribution in [0.2, 0.25) is 0 Å². The second kappa shape index (κ2) is 5.81. The largest absolute Gasteiger partial charge is 0.285 e. The third-order valence-electron chi connectivity index (χ3n) is 3.05. The van der Waals surface area contributed by atoms with Gasteiger partial charge >= 0.3 is 0 Å². The van der Waals surface area contributed by atoms with Crippen LogP contribution in [0.3, 0.4) is 0 Å². The standard InChI is InChI=1S/C14H15NO5S2/c1-11-3-7-13(8-4-11)21(17,18)15(16)22(19,20)14-9-5-12(2)6-10-14/h3-10,16H,1-2H3. The van der Waals surface area contributed by atoms with E-state index in [-0.39, 0.29) is 9.79 Å². The summed E-state index contributed by atoms with van der Waals surface area (Å²) in [6.45, 7) is 3.52. The van der Waals surface area contributed by atoms with Crippen molar-refractivity contribution in [3.63, 3.8) is 0 Å². The lowest BCUT2D eigenvalue weighted by molar-refractivity contribution is 0.0943. The highest BCUT2D eigenvalue weighted by Crippen LogP contribution is 2.22. The Morgan fingerprint density at radius 3 is 1.23 bits per heavy atom. The highest BCUT2D eigenvalue weighted by molar-refractivity contribution is 8.03. The summed E-state index contributed by atoms with van der Waals surface area (Å²) in [5, 5.41) is 9.81. The maximum Gasteiger partial charge on any atom is 0.279 e. The van der Waals surface area contributed by atoms with Crippen molar-refractivity contribution < 1.29 is 22.0 Å². The molecule has 0 aliphatic rings. The average Bonchev–Trinajstić information content (AvgIpc) is 2.47. The molecular formula is C14H15NO5S2. The van der Waals surface area contributed by atoms with Crippen molar-refractivity contribution in [1.29, 1.82) is 0 Å². The molecule has 118 valence electrons. The lowest BCUT2D eigenvalue weighted by Crippen LogP contribution is -2.33. The van der Waals surface area contributed by atoms with Crippen LogP contribution in [0.25, 0.3) is 0 Å². The Morgan fingerprint density at radius 1 is 0.682 bits per heavy atom. The molecule has 0 aliphatic heterocycles. The molecule has 0 fully saturated rings. The normalized spacial score (nSPS) is 12.5. The van der Waals surface area contributed by atoms with Crippen LogP contribution in [0.4, 0.5) is 0 Å². The summed E-state index contributed by atoms with van der Waals surface area (Å²) in [5.74, 6) is 0. The molecule has 0 aliphatic carbocycles. The van der Waals surface area contributed by atoms with Crippen molar-refractivity contribution in [2.24, 2.45) is 0 Å². The van der Waals surface area contributed by atoms with E-state index in [0.717, 1.165) is 11.1 Å². The average molecular weight is 341 g/mol. The number of rotatable bonds is 4. The van der Waals surface area contributed by atoms with E-state index in [0.29, 0.717) is 0 Å². The topological polar surface area (TPSA) is 91.8 Å². The van der Waals surface area contributed by atoms with Crippen molar-refractivity contribution in [2.45, 2.75) is 23.6 Å². The van der Waals surface area contributed by atoms with Crippen LogP contribution in [0.15, 0.2) is 58.3 Å². The molecule has 8 heteroatoms. The van der Waals surface area contributed by atoms with Gasteiger partial charge in [-0.25, -0.2) is 16.8 Å². The van der Waals surface area contributed by atoms with Crippen molar-refractivity contribution in [1.82, 2.24) is 3.87 Å². The second-order valence-corrected chi connectivity index (χ2v) is 8.58. The summed E-state index contributed by atoms with van der Waals surface area (Å²) in [6, 6.07) is 11.0. The van der Waals surface area contributed by atoms with Gasteiger partial charge in [-0.3, -0.25) is 5.21 Å². The van der Waals surface area contributed by atoms with Crippen LogP contribution in [-0.2, 0) is 20.0 Å². The molecule has 0 saturated heterocycles. The number of benzene rings is 2. The first-order chi connectivity index (χ1) is 10.2. The van der Waals surface area contributed by atoms with Gasteiger partial charge in [-0.2, -0.15) is 0 Å². The maximum absolute atomic E-state index is 12.2. The predicted molar refractivity (Wildman–Crippen MR) is 80.4 cm³/mol. The number of nitrogens with zero attached hydrogens (tertiary/aromatic N) is 1. The molecule has 0 heterocycles. The van der Waals surface area contributed by atoms with E-state index >= 15 is 0 Å². The van der Waals surface area contributed by atoms with E-state index in [2.05, 4.69) is 0 Å². The van der Waals surface area contributed by atoms with Crippen molar-refractivity contribution in [2.75, 3.05) is 0 Å². The van der Waals surface area contributed by atoms with E-state index < -0.39 is 23.9 Å². The zero-order chi connectivity index (χ0) is 16.5. The minimum absolute atomic E-state index is 0.309. The van der Waals surface area contributed by atoms with Gasteiger partial charge in [-0.05, 0) is 38.1 Å². The van der Waals surface area contributed by atoms with Crippen LogP contribution in [0.5, 0.6) is 0 Å². The van der Waals surface area contributed by atoms with Gasteiger partial charge in [0.05, 0.1) is 9.79 Å². The Balaban J connectivity index is 2.47. The molecule has 2 aromatic rings. The zero-order valence-corrected chi connectivity index (χ0v) is 13.6. The van der Waals surface area contributed by atoms with Crippen LogP contribution in [0.1, 0.15) is 11.1 Å². The number of hydrogen-bond acceptors (Lipinski definition) is 5. The van der Waals surface area contributed by atoms with Gasteiger partial charge in [0.25, 0.3) is 20.0 Å². The SMILES string of the molecule is Cc1ccc(S(=O)(=O)N(O)S(=O)(=O)c2ccc(C)cc2)cc1. The lowest BCUT2D eigenvalue weighted by Gasteiger charge is -2.15. The molecule has 0 aromatic heterocycles. The third-order valence-corrected chi connectivity index (χ3v) is 6.78. The molecule has 2 rings (SSSR count). The van der Waals surface area contributed by atoms with Gasteiger partial charge in [0.15, 0.2) is 0 Å². The van der Waals surface area contributed by atoms with Crippen molar-refractivity contribution >= 4 is 20.0 Å². The quantitative estimate of drug-likeness (QED) is 0.860. The smallest absolute Gasteiger partial charge is 0.279 e. The minimum Gasteiger partial charge on any atom is -0.285 e. The Bertz CT molecular complexity index is 794. The fraction of sp³-hybridized carbons (Fsp3) is 0.143. The molecule has 0 unspecified atom stereocenters. The first kappa shape index (κ1) is 16.6. The van der Waals surface area contributed by atoms with E-state index in [1.54, 1.807) is 13.8 Å². The highest BCUT2D eigenvalue weighted by Gasteiger charge is 2.35. The van der Waals surface area contributed by atoms with Gasteiger partial charge in [0, 0.05) is 3.87 Å². The lowest BCUT2D eigenvalue weighted by atomic mass is 10.2. The Labute approximate surface area is 129 Å². The summed E-state index contributed by atoms with van der Waals surface area (Å²) in [4.78, 5) is -0.618. The third kappa shape index (κ3) is 3.05. The molecule has 0 saturated carbocycles. The molecule has 6 nitrogen and oxygen atoms in total. The molecule has 2 aromatic carbocycles. The van der Waals surface area contributed by atoms with Gasteiger partial charge < -0.3 is 0 Å². The molecule has 0 atom stereocenters.